The number of aliphatic hydroxyl groups is 5. The number of hydrogen-bond donors (Lipinski definition) is 5. The molecule has 4 aliphatic rings. The fourth-order valence-electron chi connectivity index (χ4n) is 8.73. The van der Waals surface area contributed by atoms with Crippen LogP contribution < -0.4 is 0 Å². The van der Waals surface area contributed by atoms with E-state index in [0.717, 1.165) is 46.5 Å². The van der Waals surface area contributed by atoms with Crippen molar-refractivity contribution in [3.05, 3.63) is 0 Å². The molecule has 4 saturated heterocycles. The molecule has 0 aromatic rings. The quantitative estimate of drug-likeness (QED) is 0.0589. The lowest BCUT2D eigenvalue weighted by molar-refractivity contribution is -0.383. The van der Waals surface area contributed by atoms with Gasteiger partial charge in [-0.05, 0) is 41.0 Å². The molecule has 64 heavy (non-hydrogen) atoms. The van der Waals surface area contributed by atoms with E-state index in [1.165, 1.54) is 66.2 Å². The Morgan fingerprint density at radius 1 is 0.422 bits per heavy atom. The van der Waals surface area contributed by atoms with E-state index in [2.05, 4.69) is 6.92 Å². The maximum atomic E-state index is 12.7. The molecule has 0 spiro atoms. The molecule has 4 heterocycles. The van der Waals surface area contributed by atoms with Crippen LogP contribution in [0.3, 0.4) is 0 Å². The Balaban J connectivity index is 1.50. The summed E-state index contributed by atoms with van der Waals surface area (Å²) in [6, 6.07) is 0. The molecule has 5 N–H and O–H groups in total. The first kappa shape index (κ1) is 54.2. The number of hydrogen-bond acceptors (Lipinski definition) is 20. The van der Waals surface area contributed by atoms with Crippen LogP contribution in [-0.2, 0) is 71.3 Å². The second kappa shape index (κ2) is 25.6. The van der Waals surface area contributed by atoms with Gasteiger partial charge in [0.2, 0.25) is 0 Å². The highest BCUT2D eigenvalue weighted by atomic mass is 16.8. The third-order valence-electron chi connectivity index (χ3n) is 12.1. The van der Waals surface area contributed by atoms with E-state index in [1.807, 2.05) is 0 Å². The topological polar surface area (TPSA) is 271 Å². The molecule has 4 fully saturated rings. The van der Waals surface area contributed by atoms with Crippen LogP contribution in [0.2, 0.25) is 0 Å². The Kier molecular flexibility index (Phi) is 21.7. The van der Waals surface area contributed by atoms with Crippen LogP contribution >= 0.6 is 0 Å². The van der Waals surface area contributed by atoms with Gasteiger partial charge in [0.05, 0.1) is 36.4 Å². The van der Waals surface area contributed by atoms with Crippen molar-refractivity contribution in [1.29, 1.82) is 0 Å². The molecule has 20 unspecified atom stereocenters. The maximum absolute atomic E-state index is 12.7. The molecule has 0 amide bonds. The fraction of sp³-hybridized carbons (Fsp3) is 0.909. The zero-order chi connectivity index (χ0) is 47.4. The molecule has 20 heteroatoms. The van der Waals surface area contributed by atoms with E-state index < -0.39 is 146 Å². The van der Waals surface area contributed by atoms with Crippen LogP contribution in [0, 0.1) is 5.92 Å². The van der Waals surface area contributed by atoms with E-state index >= 15 is 0 Å². The zero-order valence-electron chi connectivity index (χ0n) is 38.7. The van der Waals surface area contributed by atoms with Gasteiger partial charge in [-0.2, -0.15) is 0 Å². The van der Waals surface area contributed by atoms with E-state index in [0.29, 0.717) is 6.61 Å². The largest absolute Gasteiger partial charge is 0.457 e. The van der Waals surface area contributed by atoms with Gasteiger partial charge >= 0.3 is 17.9 Å². The van der Waals surface area contributed by atoms with Gasteiger partial charge in [-0.25, -0.2) is 0 Å². The van der Waals surface area contributed by atoms with Crippen LogP contribution in [0.25, 0.3) is 0 Å². The Morgan fingerprint density at radius 3 is 1.39 bits per heavy atom. The molecule has 20 atom stereocenters. The van der Waals surface area contributed by atoms with Crippen LogP contribution in [0.15, 0.2) is 0 Å². The van der Waals surface area contributed by atoms with Gasteiger partial charge in [0.1, 0.15) is 48.5 Å². The average molecular weight is 923 g/mol. The minimum absolute atomic E-state index is 0.306. The highest BCUT2D eigenvalue weighted by Crippen LogP contribution is 2.38. The minimum Gasteiger partial charge on any atom is -0.457 e. The van der Waals surface area contributed by atoms with Crippen molar-refractivity contribution in [3.8, 4) is 0 Å². The molecule has 0 aromatic carbocycles. The fourth-order valence-corrected chi connectivity index (χ4v) is 8.73. The first-order valence-electron chi connectivity index (χ1n) is 22.9. The van der Waals surface area contributed by atoms with Gasteiger partial charge in [0.25, 0.3) is 0 Å². The van der Waals surface area contributed by atoms with E-state index in [-0.39, 0.29) is 0 Å². The standard InChI is InChI=1S/C44H74O20/c1-10-11-12-13-14-15-16-17-18-19-20-54-41-33(52)32(51)35(23(4)56-41)62-43-34(53)38(36(24(5)57-43)59-26(7)46)63-44-40(61-28(9)48)39(37(25(6)58-44)60-27(8)47)64-42-31(50)29(21(2)45)30(49)22(3)55-42/h22-25,29-44,49-53H,10-20H2,1-9H3. The Hall–Kier alpha value is -2.44. The molecule has 4 rings (SSSR count). The number of carbonyl (C=O) groups is 4. The summed E-state index contributed by atoms with van der Waals surface area (Å²) in [6.07, 6.45) is -15.5. The van der Waals surface area contributed by atoms with Crippen LogP contribution in [-0.4, -0.2) is 173 Å². The number of ketones is 1. The third kappa shape index (κ3) is 14.5. The summed E-state index contributed by atoms with van der Waals surface area (Å²) in [5, 5.41) is 56.1. The molecule has 0 bridgehead atoms. The molecule has 0 radical (unpaired) electrons. The summed E-state index contributed by atoms with van der Waals surface area (Å²) in [5.74, 6) is -4.33. The molecular weight excluding hydrogens is 848 g/mol. The van der Waals surface area contributed by atoms with Gasteiger partial charge in [-0.1, -0.05) is 64.7 Å². The summed E-state index contributed by atoms with van der Waals surface area (Å²) >= 11 is 0. The van der Waals surface area contributed by atoms with Crippen molar-refractivity contribution >= 4 is 23.7 Å². The van der Waals surface area contributed by atoms with Crippen molar-refractivity contribution in [2.75, 3.05) is 6.61 Å². The molecule has 370 valence electrons. The lowest BCUT2D eigenvalue weighted by Gasteiger charge is -2.50. The van der Waals surface area contributed by atoms with Crippen molar-refractivity contribution in [3.63, 3.8) is 0 Å². The Labute approximate surface area is 375 Å². The Bertz CT molecular complexity index is 1470. The predicted molar refractivity (Wildman–Crippen MR) is 221 cm³/mol. The number of unbranched alkanes of at least 4 members (excludes halogenated alkanes) is 9. The number of Topliss-reactive ketones (excluding diaryl/α,β-unsaturated/α-hetero) is 1. The van der Waals surface area contributed by atoms with E-state index in [9.17, 15) is 44.7 Å². The highest BCUT2D eigenvalue weighted by molar-refractivity contribution is 5.79. The monoisotopic (exact) mass is 922 g/mol. The number of ether oxygens (including phenoxy) is 11. The minimum atomic E-state index is -1.83. The number of carbonyl (C=O) groups excluding carboxylic acids is 4. The molecule has 4 aliphatic heterocycles. The molecule has 20 nitrogen and oxygen atoms in total. The van der Waals surface area contributed by atoms with Crippen LogP contribution in [0.5, 0.6) is 0 Å². The normalized spacial score (nSPS) is 40.3. The number of aliphatic hydroxyl groups excluding tert-OH is 5. The highest BCUT2D eigenvalue weighted by Gasteiger charge is 2.57. The zero-order valence-corrected chi connectivity index (χ0v) is 38.7. The van der Waals surface area contributed by atoms with E-state index in [1.54, 1.807) is 6.92 Å². The summed E-state index contributed by atoms with van der Waals surface area (Å²) < 4.78 is 65.1. The van der Waals surface area contributed by atoms with Crippen LogP contribution in [0.4, 0.5) is 0 Å². The van der Waals surface area contributed by atoms with Gasteiger partial charge in [-0.15, -0.1) is 0 Å². The maximum Gasteiger partial charge on any atom is 0.303 e. The SMILES string of the molecule is CCCCCCCCCCCCOC1OC(C)C(OC2OC(C)C(OC(C)=O)C(OC3OC(C)C(OC(C)=O)C(OC4OC(C)C(O)C(C(C)=O)C4O)C3OC(C)=O)C2O)C(O)C1O. The van der Waals surface area contributed by atoms with Gasteiger partial charge < -0.3 is 77.6 Å². The summed E-state index contributed by atoms with van der Waals surface area (Å²) in [6.45, 7) is 13.1. The lowest BCUT2D eigenvalue weighted by Crippen LogP contribution is -2.67. The molecular formula is C44H74O20. The predicted octanol–water partition coefficient (Wildman–Crippen LogP) is 1.86. The van der Waals surface area contributed by atoms with Crippen LogP contribution in [0.1, 0.15) is 127 Å². The first-order chi connectivity index (χ1) is 30.3. The van der Waals surface area contributed by atoms with Gasteiger partial charge in [0.15, 0.2) is 43.5 Å². The van der Waals surface area contributed by atoms with Gasteiger partial charge in [0, 0.05) is 27.4 Å². The van der Waals surface area contributed by atoms with Crippen molar-refractivity contribution in [2.24, 2.45) is 5.92 Å². The second-order valence-corrected chi connectivity index (χ2v) is 17.5. The number of rotatable bonds is 22. The average Bonchev–Trinajstić information content (AvgIpc) is 3.21. The summed E-state index contributed by atoms with van der Waals surface area (Å²) in [4.78, 5) is 50.0. The van der Waals surface area contributed by atoms with Gasteiger partial charge in [-0.3, -0.25) is 19.2 Å². The summed E-state index contributed by atoms with van der Waals surface area (Å²) in [5.41, 5.74) is 0. The van der Waals surface area contributed by atoms with Crippen molar-refractivity contribution < 1.29 is 96.8 Å². The van der Waals surface area contributed by atoms with Crippen molar-refractivity contribution in [1.82, 2.24) is 0 Å². The van der Waals surface area contributed by atoms with Crippen molar-refractivity contribution in [2.45, 2.75) is 243 Å². The molecule has 0 aromatic heterocycles. The molecule has 0 aliphatic carbocycles. The van der Waals surface area contributed by atoms with E-state index in [4.69, 9.17) is 52.1 Å². The second-order valence-electron chi connectivity index (χ2n) is 17.5. The third-order valence-corrected chi connectivity index (χ3v) is 12.1. The molecule has 0 saturated carbocycles. The smallest absolute Gasteiger partial charge is 0.303 e. The summed E-state index contributed by atoms with van der Waals surface area (Å²) in [7, 11) is 0. The Morgan fingerprint density at radius 2 is 0.844 bits per heavy atom. The lowest BCUT2D eigenvalue weighted by atomic mass is 9.86. The number of esters is 3. The first-order valence-corrected chi connectivity index (χ1v) is 22.9.